The maximum Gasteiger partial charge on any atom is 0.151 e. The van der Waals surface area contributed by atoms with Gasteiger partial charge in [0.2, 0.25) is 0 Å². The zero-order valence-corrected chi connectivity index (χ0v) is 6.36. The summed E-state index contributed by atoms with van der Waals surface area (Å²) in [7, 11) is 1.91. The van der Waals surface area contributed by atoms with E-state index in [1.807, 2.05) is 18.3 Å². The number of hydrogen-bond acceptors (Lipinski definition) is 4. The third-order valence-corrected chi connectivity index (χ3v) is 1.99. The van der Waals surface area contributed by atoms with E-state index < -0.39 is 0 Å². The SMILES string of the molecule is C=C1NC=NC2C1C=NN2C. The van der Waals surface area contributed by atoms with Gasteiger partial charge in [0.15, 0.2) is 6.17 Å². The summed E-state index contributed by atoms with van der Waals surface area (Å²) >= 11 is 0. The lowest BCUT2D eigenvalue weighted by Crippen LogP contribution is -2.36. The minimum Gasteiger partial charge on any atom is -0.350 e. The lowest BCUT2D eigenvalue weighted by atomic mass is 10.0. The standard InChI is InChI=1S/C7H10N4/c1-5-6-3-10-11(2)7(6)9-4-8-5/h3-4,6-7H,1H2,2H3,(H,8,9). The third-order valence-electron chi connectivity index (χ3n) is 1.99. The first-order valence-electron chi connectivity index (χ1n) is 3.53. The molecule has 0 saturated heterocycles. The summed E-state index contributed by atoms with van der Waals surface area (Å²) in [5, 5.41) is 8.94. The molecule has 0 radical (unpaired) electrons. The number of rotatable bonds is 0. The van der Waals surface area contributed by atoms with Crippen molar-refractivity contribution in [3.8, 4) is 0 Å². The molecule has 0 aromatic carbocycles. The molecule has 2 heterocycles. The summed E-state index contributed by atoms with van der Waals surface area (Å²) in [4.78, 5) is 4.23. The van der Waals surface area contributed by atoms with Crippen LogP contribution < -0.4 is 5.32 Å². The summed E-state index contributed by atoms with van der Waals surface area (Å²) in [6.45, 7) is 3.87. The van der Waals surface area contributed by atoms with Crippen LogP contribution in [0.3, 0.4) is 0 Å². The van der Waals surface area contributed by atoms with Crippen molar-refractivity contribution in [2.75, 3.05) is 7.05 Å². The molecule has 0 bridgehead atoms. The van der Waals surface area contributed by atoms with E-state index in [1.165, 1.54) is 0 Å². The van der Waals surface area contributed by atoms with Crippen LogP contribution in [0.2, 0.25) is 0 Å². The first-order chi connectivity index (χ1) is 5.29. The molecule has 0 aromatic rings. The Morgan fingerprint density at radius 2 is 2.55 bits per heavy atom. The van der Waals surface area contributed by atoms with Crippen LogP contribution in [-0.4, -0.2) is 30.8 Å². The van der Waals surface area contributed by atoms with E-state index in [4.69, 9.17) is 0 Å². The first kappa shape index (κ1) is 6.39. The van der Waals surface area contributed by atoms with Crippen LogP contribution in [0.5, 0.6) is 0 Å². The van der Waals surface area contributed by atoms with Crippen LogP contribution >= 0.6 is 0 Å². The highest BCUT2D eigenvalue weighted by atomic mass is 15.5. The maximum atomic E-state index is 4.23. The molecule has 0 aliphatic carbocycles. The second-order valence-electron chi connectivity index (χ2n) is 2.73. The zero-order chi connectivity index (χ0) is 7.84. The lowest BCUT2D eigenvalue weighted by Gasteiger charge is -2.25. The van der Waals surface area contributed by atoms with E-state index in [0.717, 1.165) is 5.70 Å². The first-order valence-corrected chi connectivity index (χ1v) is 3.53. The summed E-state index contributed by atoms with van der Waals surface area (Å²) in [6.07, 6.45) is 3.68. The molecular formula is C7H10N4. The Hall–Kier alpha value is -1.32. The minimum absolute atomic E-state index is 0.128. The van der Waals surface area contributed by atoms with Gasteiger partial charge >= 0.3 is 0 Å². The monoisotopic (exact) mass is 150 g/mol. The van der Waals surface area contributed by atoms with Gasteiger partial charge in [0.05, 0.1) is 12.3 Å². The van der Waals surface area contributed by atoms with Gasteiger partial charge in [0, 0.05) is 19.0 Å². The molecule has 2 atom stereocenters. The largest absolute Gasteiger partial charge is 0.350 e. The van der Waals surface area contributed by atoms with Gasteiger partial charge < -0.3 is 5.32 Å². The Bertz CT molecular complexity index is 243. The molecule has 2 rings (SSSR count). The summed E-state index contributed by atoms with van der Waals surface area (Å²) in [6, 6.07) is 0. The van der Waals surface area contributed by atoms with Crippen molar-refractivity contribution in [3.05, 3.63) is 12.3 Å². The van der Waals surface area contributed by atoms with Gasteiger partial charge in [-0.15, -0.1) is 0 Å². The van der Waals surface area contributed by atoms with E-state index in [0.29, 0.717) is 0 Å². The van der Waals surface area contributed by atoms with Crippen LogP contribution in [0, 0.1) is 5.92 Å². The average molecular weight is 150 g/mol. The molecule has 4 nitrogen and oxygen atoms in total. The van der Waals surface area contributed by atoms with Gasteiger partial charge in [-0.3, -0.25) is 5.01 Å². The van der Waals surface area contributed by atoms with Gasteiger partial charge in [-0.05, 0) is 0 Å². The Morgan fingerprint density at radius 3 is 3.27 bits per heavy atom. The molecule has 0 saturated carbocycles. The molecular weight excluding hydrogens is 140 g/mol. The fourth-order valence-electron chi connectivity index (χ4n) is 1.31. The van der Waals surface area contributed by atoms with Crippen molar-refractivity contribution in [1.82, 2.24) is 10.3 Å². The Balaban J connectivity index is 2.29. The average Bonchev–Trinajstić information content (AvgIpc) is 2.35. The van der Waals surface area contributed by atoms with E-state index in [2.05, 4.69) is 22.0 Å². The second kappa shape index (κ2) is 2.08. The number of fused-ring (bicyclic) bond motifs is 1. The summed E-state index contributed by atoms with van der Waals surface area (Å²) in [5.41, 5.74) is 0.970. The van der Waals surface area contributed by atoms with Gasteiger partial charge in [0.1, 0.15) is 0 Å². The van der Waals surface area contributed by atoms with E-state index >= 15 is 0 Å². The van der Waals surface area contributed by atoms with Crippen LogP contribution in [-0.2, 0) is 0 Å². The smallest absolute Gasteiger partial charge is 0.151 e. The minimum atomic E-state index is 0.128. The Morgan fingerprint density at radius 1 is 1.73 bits per heavy atom. The highest BCUT2D eigenvalue weighted by Crippen LogP contribution is 2.23. The van der Waals surface area contributed by atoms with Crippen molar-refractivity contribution >= 4 is 12.6 Å². The quantitative estimate of drug-likeness (QED) is 0.528. The fourth-order valence-corrected chi connectivity index (χ4v) is 1.31. The number of hydrogen-bond donors (Lipinski definition) is 1. The molecule has 0 fully saturated rings. The van der Waals surface area contributed by atoms with Crippen LogP contribution in [0.25, 0.3) is 0 Å². The third kappa shape index (κ3) is 0.824. The van der Waals surface area contributed by atoms with Crippen LogP contribution in [0.1, 0.15) is 0 Å². The molecule has 11 heavy (non-hydrogen) atoms. The number of nitrogens with zero attached hydrogens (tertiary/aromatic N) is 3. The van der Waals surface area contributed by atoms with E-state index in [9.17, 15) is 0 Å². The lowest BCUT2D eigenvalue weighted by molar-refractivity contribution is 0.261. The topological polar surface area (TPSA) is 40.0 Å². The van der Waals surface area contributed by atoms with E-state index in [-0.39, 0.29) is 12.1 Å². The maximum absolute atomic E-state index is 4.23. The van der Waals surface area contributed by atoms with Crippen molar-refractivity contribution in [1.29, 1.82) is 0 Å². The number of nitrogens with one attached hydrogen (secondary N) is 1. The normalized spacial score (nSPS) is 33.9. The Labute approximate surface area is 65.3 Å². The summed E-state index contributed by atoms with van der Waals surface area (Å²) in [5.74, 6) is 0.241. The van der Waals surface area contributed by atoms with Crippen molar-refractivity contribution < 1.29 is 0 Å². The van der Waals surface area contributed by atoms with Gasteiger partial charge in [-0.25, -0.2) is 4.99 Å². The zero-order valence-electron chi connectivity index (χ0n) is 6.36. The second-order valence-corrected chi connectivity index (χ2v) is 2.73. The molecule has 1 N–H and O–H groups in total. The molecule has 2 aliphatic heterocycles. The molecule has 0 amide bonds. The molecule has 2 aliphatic rings. The molecule has 0 spiro atoms. The number of hydrazone groups is 1. The number of aliphatic imine (C=N–C) groups is 1. The predicted molar refractivity (Wildman–Crippen MR) is 44.3 cm³/mol. The molecule has 4 heteroatoms. The summed E-state index contributed by atoms with van der Waals surface area (Å²) < 4.78 is 0. The van der Waals surface area contributed by atoms with Crippen molar-refractivity contribution in [2.24, 2.45) is 16.0 Å². The predicted octanol–water partition coefficient (Wildman–Crippen LogP) is 0.00510. The fraction of sp³-hybridized carbons (Fsp3) is 0.429. The van der Waals surface area contributed by atoms with Crippen LogP contribution in [0.15, 0.2) is 22.4 Å². The Kier molecular flexibility index (Phi) is 1.21. The van der Waals surface area contributed by atoms with Gasteiger partial charge in [0.25, 0.3) is 0 Å². The van der Waals surface area contributed by atoms with Crippen molar-refractivity contribution in [2.45, 2.75) is 6.17 Å². The van der Waals surface area contributed by atoms with Gasteiger partial charge in [-0.1, -0.05) is 6.58 Å². The van der Waals surface area contributed by atoms with Crippen molar-refractivity contribution in [3.63, 3.8) is 0 Å². The molecule has 0 aromatic heterocycles. The van der Waals surface area contributed by atoms with E-state index in [1.54, 1.807) is 6.34 Å². The van der Waals surface area contributed by atoms with Crippen LogP contribution in [0.4, 0.5) is 0 Å². The highest BCUT2D eigenvalue weighted by molar-refractivity contribution is 5.72. The molecule has 58 valence electrons. The van der Waals surface area contributed by atoms with Gasteiger partial charge in [-0.2, -0.15) is 5.10 Å². The molecule has 2 unspecified atom stereocenters. The highest BCUT2D eigenvalue weighted by Gasteiger charge is 2.31.